The first-order valence-corrected chi connectivity index (χ1v) is 15.1. The minimum absolute atomic E-state index is 0.0189. The van der Waals surface area contributed by atoms with Crippen LogP contribution in [0.1, 0.15) is 81.1 Å². The van der Waals surface area contributed by atoms with Gasteiger partial charge in [0, 0.05) is 30.5 Å². The molecule has 0 aromatic heterocycles. The van der Waals surface area contributed by atoms with Crippen molar-refractivity contribution in [3.63, 3.8) is 0 Å². The second kappa shape index (κ2) is 11.7. The molecule has 0 heterocycles. The van der Waals surface area contributed by atoms with Gasteiger partial charge < -0.3 is 10.4 Å². The molecule has 1 amide bonds. The number of amides is 1. The lowest BCUT2D eigenvalue weighted by atomic mass is 9.88. The summed E-state index contributed by atoms with van der Waals surface area (Å²) >= 11 is 0. The smallest absolute Gasteiger partial charge is 0.243 e. The molecule has 4 rings (SSSR count). The molecule has 2 aliphatic carbocycles. The summed E-state index contributed by atoms with van der Waals surface area (Å²) in [6, 6.07) is 15.7. The monoisotopic (exact) mass is 540 g/mol. The summed E-state index contributed by atoms with van der Waals surface area (Å²) in [6.07, 6.45) is 4.34. The van der Waals surface area contributed by atoms with Crippen molar-refractivity contribution >= 4 is 21.7 Å². The summed E-state index contributed by atoms with van der Waals surface area (Å²) in [6.45, 7) is 5.38. The SMILES string of the molecule is CC(=O)c1ccc(S(=O)(=O)N(CC(C)C)C[C@@H](O)C2(NC(=O)C3CCCCC3)CC2c2ccccc2)cc1. The lowest BCUT2D eigenvalue weighted by Crippen LogP contribution is -2.54. The molecular weight excluding hydrogens is 500 g/mol. The summed E-state index contributed by atoms with van der Waals surface area (Å²) in [7, 11) is -3.95. The Labute approximate surface area is 226 Å². The van der Waals surface area contributed by atoms with E-state index in [-0.39, 0.29) is 47.4 Å². The largest absolute Gasteiger partial charge is 0.389 e. The van der Waals surface area contributed by atoms with Gasteiger partial charge in [-0.1, -0.05) is 75.6 Å². The molecule has 7 nitrogen and oxygen atoms in total. The number of Topliss-reactive ketones (excluding diaryl/α,β-unsaturated/α-hetero) is 1. The first-order valence-electron chi connectivity index (χ1n) is 13.7. The number of rotatable bonds is 11. The van der Waals surface area contributed by atoms with Crippen molar-refractivity contribution < 1.29 is 23.1 Å². The second-order valence-corrected chi connectivity index (χ2v) is 13.3. The number of nitrogens with one attached hydrogen (secondary N) is 1. The zero-order valence-corrected chi connectivity index (χ0v) is 23.4. The fourth-order valence-electron chi connectivity index (χ4n) is 5.71. The van der Waals surface area contributed by atoms with Crippen LogP contribution < -0.4 is 5.32 Å². The van der Waals surface area contributed by atoms with Crippen LogP contribution in [0.2, 0.25) is 0 Å². The van der Waals surface area contributed by atoms with E-state index >= 15 is 0 Å². The topological polar surface area (TPSA) is 104 Å². The summed E-state index contributed by atoms with van der Waals surface area (Å²) in [5.74, 6) is -0.324. The van der Waals surface area contributed by atoms with Gasteiger partial charge in [-0.25, -0.2) is 8.42 Å². The molecule has 2 unspecified atom stereocenters. The molecule has 2 fully saturated rings. The van der Waals surface area contributed by atoms with E-state index in [1.807, 2.05) is 44.2 Å². The summed E-state index contributed by atoms with van der Waals surface area (Å²) < 4.78 is 28.7. The van der Waals surface area contributed by atoms with Crippen LogP contribution in [0.4, 0.5) is 0 Å². The van der Waals surface area contributed by atoms with Gasteiger partial charge in [0.15, 0.2) is 5.78 Å². The first kappa shape index (κ1) is 28.5. The van der Waals surface area contributed by atoms with E-state index in [0.29, 0.717) is 12.0 Å². The molecule has 0 radical (unpaired) electrons. The third kappa shape index (κ3) is 6.19. The van der Waals surface area contributed by atoms with E-state index in [1.54, 1.807) is 0 Å². The number of aliphatic hydroxyl groups is 1. The average Bonchev–Trinajstić information content (AvgIpc) is 3.64. The maximum atomic E-state index is 13.7. The number of hydrogen-bond donors (Lipinski definition) is 2. The zero-order valence-electron chi connectivity index (χ0n) is 22.6. The van der Waals surface area contributed by atoms with Crippen molar-refractivity contribution in [2.24, 2.45) is 11.8 Å². The number of carbonyl (C=O) groups is 2. The molecule has 2 aromatic rings. The molecule has 0 bridgehead atoms. The quantitative estimate of drug-likeness (QED) is 0.408. The minimum Gasteiger partial charge on any atom is -0.389 e. The van der Waals surface area contributed by atoms with Crippen LogP contribution >= 0.6 is 0 Å². The van der Waals surface area contributed by atoms with Crippen molar-refractivity contribution in [3.05, 3.63) is 65.7 Å². The lowest BCUT2D eigenvalue weighted by Gasteiger charge is -2.33. The normalized spacial score (nSPS) is 22.8. The van der Waals surface area contributed by atoms with E-state index < -0.39 is 21.7 Å². The molecular formula is C30H40N2O5S. The molecule has 0 spiro atoms. The Balaban J connectivity index is 1.61. The maximum absolute atomic E-state index is 13.7. The molecule has 2 N–H and O–H groups in total. The van der Waals surface area contributed by atoms with Crippen molar-refractivity contribution in [3.8, 4) is 0 Å². The Morgan fingerprint density at radius 1 is 1.00 bits per heavy atom. The number of sulfonamides is 1. The molecule has 0 saturated heterocycles. The van der Waals surface area contributed by atoms with Gasteiger partial charge in [-0.05, 0) is 49.8 Å². The number of benzene rings is 2. The maximum Gasteiger partial charge on any atom is 0.243 e. The zero-order chi connectivity index (χ0) is 27.5. The number of nitrogens with zero attached hydrogens (tertiary/aromatic N) is 1. The Morgan fingerprint density at radius 2 is 1.63 bits per heavy atom. The van der Waals surface area contributed by atoms with Crippen LogP contribution in [0.15, 0.2) is 59.5 Å². The van der Waals surface area contributed by atoms with Gasteiger partial charge in [0.2, 0.25) is 15.9 Å². The average molecular weight is 541 g/mol. The van der Waals surface area contributed by atoms with Gasteiger partial charge in [-0.3, -0.25) is 9.59 Å². The molecule has 206 valence electrons. The van der Waals surface area contributed by atoms with Crippen LogP contribution in [-0.4, -0.2) is 54.3 Å². The fraction of sp³-hybridized carbons (Fsp3) is 0.533. The Kier molecular flexibility index (Phi) is 8.75. The van der Waals surface area contributed by atoms with Crippen molar-refractivity contribution in [1.29, 1.82) is 0 Å². The van der Waals surface area contributed by atoms with Gasteiger partial charge in [0.25, 0.3) is 0 Å². The predicted molar refractivity (Wildman–Crippen MR) is 147 cm³/mol. The van der Waals surface area contributed by atoms with Crippen molar-refractivity contribution in [1.82, 2.24) is 9.62 Å². The minimum atomic E-state index is -3.95. The number of aliphatic hydroxyl groups excluding tert-OH is 1. The van der Waals surface area contributed by atoms with Crippen LogP contribution in [0.3, 0.4) is 0 Å². The van der Waals surface area contributed by atoms with Crippen LogP contribution in [-0.2, 0) is 14.8 Å². The molecule has 38 heavy (non-hydrogen) atoms. The molecule has 0 aliphatic heterocycles. The predicted octanol–water partition coefficient (Wildman–Crippen LogP) is 4.52. The highest BCUT2D eigenvalue weighted by Gasteiger charge is 2.61. The standard InChI is InChI=1S/C30H40N2O5S/c1-21(2)19-32(38(36,37)26-16-14-23(15-17-26)22(3)33)20-28(34)30(18-27(30)24-10-6-4-7-11-24)31-29(35)25-12-8-5-9-13-25/h4,6-7,10-11,14-17,21,25,27-28,34H,5,8-9,12-13,18-20H2,1-3H3,(H,31,35)/t27?,28-,30?/m1/s1. The van der Waals surface area contributed by atoms with Gasteiger partial charge in [0.1, 0.15) is 0 Å². The van der Waals surface area contributed by atoms with Crippen molar-refractivity contribution in [2.45, 2.75) is 81.8 Å². The highest BCUT2D eigenvalue weighted by atomic mass is 32.2. The fourth-order valence-corrected chi connectivity index (χ4v) is 7.32. The molecule has 2 aliphatic rings. The molecule has 2 saturated carbocycles. The number of carbonyl (C=O) groups excluding carboxylic acids is 2. The van der Waals surface area contributed by atoms with Gasteiger partial charge in [-0.2, -0.15) is 4.31 Å². The van der Waals surface area contributed by atoms with Gasteiger partial charge in [-0.15, -0.1) is 0 Å². The number of ketones is 1. The highest BCUT2D eigenvalue weighted by molar-refractivity contribution is 7.89. The molecule has 3 atom stereocenters. The molecule has 8 heteroatoms. The van der Waals surface area contributed by atoms with E-state index in [0.717, 1.165) is 37.7 Å². The third-order valence-corrected chi connectivity index (χ3v) is 9.82. The van der Waals surface area contributed by atoms with Gasteiger partial charge in [0.05, 0.1) is 16.5 Å². The third-order valence-electron chi connectivity index (χ3n) is 7.98. The van der Waals surface area contributed by atoms with E-state index in [2.05, 4.69) is 5.32 Å². The summed E-state index contributed by atoms with van der Waals surface area (Å²) in [5.41, 5.74) is 0.542. The van der Waals surface area contributed by atoms with Crippen LogP contribution in [0.25, 0.3) is 0 Å². The highest BCUT2D eigenvalue weighted by Crippen LogP contribution is 2.54. The lowest BCUT2D eigenvalue weighted by molar-refractivity contribution is -0.128. The second-order valence-electron chi connectivity index (χ2n) is 11.3. The number of hydrogen-bond acceptors (Lipinski definition) is 5. The van der Waals surface area contributed by atoms with Crippen molar-refractivity contribution in [2.75, 3.05) is 13.1 Å². The Morgan fingerprint density at radius 3 is 2.21 bits per heavy atom. The van der Waals surface area contributed by atoms with E-state index in [9.17, 15) is 23.1 Å². The Bertz CT molecular complexity index is 1220. The summed E-state index contributed by atoms with van der Waals surface area (Å²) in [4.78, 5) is 25.1. The summed E-state index contributed by atoms with van der Waals surface area (Å²) in [5, 5.41) is 14.9. The van der Waals surface area contributed by atoms with Gasteiger partial charge >= 0.3 is 0 Å². The molecule has 2 aromatic carbocycles. The van der Waals surface area contributed by atoms with Crippen LogP contribution in [0, 0.1) is 11.8 Å². The van der Waals surface area contributed by atoms with E-state index in [1.165, 1.54) is 35.5 Å². The Hall–Kier alpha value is -2.55. The van der Waals surface area contributed by atoms with E-state index in [4.69, 9.17) is 0 Å². The van der Waals surface area contributed by atoms with Crippen LogP contribution in [0.5, 0.6) is 0 Å². The first-order chi connectivity index (χ1) is 18.0.